The van der Waals surface area contributed by atoms with Gasteiger partial charge in [-0.2, -0.15) is 0 Å². The molecule has 1 N–H and O–H groups in total. The minimum atomic E-state index is -0.517. The zero-order chi connectivity index (χ0) is 14.9. The molecule has 0 aliphatic carbocycles. The van der Waals surface area contributed by atoms with Crippen molar-refractivity contribution in [3.63, 3.8) is 0 Å². The molecular formula is C15H20N2O3. The summed E-state index contributed by atoms with van der Waals surface area (Å²) in [7, 11) is 0. The number of rotatable bonds is 4. The van der Waals surface area contributed by atoms with Crippen LogP contribution in [-0.2, 0) is 11.2 Å². The number of nitrogens with zero attached hydrogens (tertiary/aromatic N) is 1. The van der Waals surface area contributed by atoms with Gasteiger partial charge in [-0.05, 0) is 20.3 Å². The number of carbonyl (C=O) groups is 1. The van der Waals surface area contributed by atoms with Gasteiger partial charge in [0.25, 0.3) is 5.82 Å². The second-order valence-electron chi connectivity index (χ2n) is 5.55. The lowest BCUT2D eigenvalue weighted by molar-refractivity contribution is -0.597. The molecule has 20 heavy (non-hydrogen) atoms. The highest BCUT2D eigenvalue weighted by atomic mass is 16.5. The summed E-state index contributed by atoms with van der Waals surface area (Å²) in [5.74, 6) is 0.636. The minimum absolute atomic E-state index is 0.168. The van der Waals surface area contributed by atoms with E-state index in [1.165, 1.54) is 0 Å². The number of aromatic nitrogens is 1. The summed E-state index contributed by atoms with van der Waals surface area (Å²) in [6.07, 6.45) is 2.87. The highest BCUT2D eigenvalue weighted by Gasteiger charge is 2.32. The number of amides is 1. The molecule has 0 spiro atoms. The number of nitrogens with one attached hydrogen (secondary N) is 1. The molecule has 2 rings (SSSR count). The Hall–Kier alpha value is -2.04. The van der Waals surface area contributed by atoms with Crippen LogP contribution in [0.1, 0.15) is 38.4 Å². The number of ether oxygens (including phenoxy) is 1. The number of hydrogen-bond donors (Lipinski definition) is 1. The van der Waals surface area contributed by atoms with Gasteiger partial charge in [-0.3, -0.25) is 0 Å². The third kappa shape index (κ3) is 2.35. The van der Waals surface area contributed by atoms with Crippen LogP contribution in [0.15, 0.2) is 12.6 Å². The van der Waals surface area contributed by atoms with Gasteiger partial charge in [0.2, 0.25) is 0 Å². The number of anilines is 1. The summed E-state index contributed by atoms with van der Waals surface area (Å²) in [4.78, 5) is 12.2. The van der Waals surface area contributed by atoms with Crippen LogP contribution in [0.5, 0.6) is 5.75 Å². The fourth-order valence-electron chi connectivity index (χ4n) is 1.99. The molecule has 0 bridgehead atoms. The third-order valence-electron chi connectivity index (χ3n) is 3.83. The molecule has 1 aliphatic rings. The Labute approximate surface area is 118 Å². The van der Waals surface area contributed by atoms with Crippen LogP contribution >= 0.6 is 0 Å². The van der Waals surface area contributed by atoms with E-state index in [-0.39, 0.29) is 11.7 Å². The fraction of sp³-hybridized carbons (Fsp3) is 0.467. The van der Waals surface area contributed by atoms with Crippen molar-refractivity contribution in [2.45, 2.75) is 33.6 Å². The Kier molecular flexibility index (Phi) is 3.70. The Morgan fingerprint density at radius 1 is 1.65 bits per heavy atom. The first-order valence-electron chi connectivity index (χ1n) is 6.77. The van der Waals surface area contributed by atoms with E-state index in [0.29, 0.717) is 30.9 Å². The highest BCUT2D eigenvalue weighted by molar-refractivity contribution is 5.93. The molecule has 0 unspecified atom stereocenters. The van der Waals surface area contributed by atoms with Gasteiger partial charge in [0.1, 0.15) is 0 Å². The van der Waals surface area contributed by atoms with E-state index < -0.39 is 5.41 Å². The molecular weight excluding hydrogens is 256 g/mol. The normalized spacial score (nSPS) is 13.6. The maximum Gasteiger partial charge on any atom is 0.313 e. The van der Waals surface area contributed by atoms with Gasteiger partial charge in [-0.25, -0.2) is 14.8 Å². The lowest BCUT2D eigenvalue weighted by atomic mass is 9.89. The molecule has 5 heteroatoms. The van der Waals surface area contributed by atoms with Crippen molar-refractivity contribution in [1.29, 1.82) is 0 Å². The highest BCUT2D eigenvalue weighted by Crippen LogP contribution is 2.30. The Bertz CT molecular complexity index is 565. The molecule has 108 valence electrons. The molecule has 0 radical (unpaired) electrons. The number of carbonyl (C=O) groups excluding carboxylic acids is 1. The van der Waals surface area contributed by atoms with Gasteiger partial charge in [0.15, 0.2) is 11.4 Å². The van der Waals surface area contributed by atoms with E-state index >= 15 is 0 Å². The van der Waals surface area contributed by atoms with Crippen molar-refractivity contribution < 1.29 is 14.3 Å². The van der Waals surface area contributed by atoms with Gasteiger partial charge >= 0.3 is 5.91 Å². The SMILES string of the molecule is C=Cc1cc(NC(=O)C(C)(C)CC)[n+]([O-])c2c1OCC2. The molecule has 0 atom stereocenters. The zero-order valence-corrected chi connectivity index (χ0v) is 12.2. The summed E-state index contributed by atoms with van der Waals surface area (Å²) >= 11 is 0. The molecule has 2 heterocycles. The smallest absolute Gasteiger partial charge is 0.313 e. The van der Waals surface area contributed by atoms with Crippen molar-refractivity contribution in [2.24, 2.45) is 5.41 Å². The van der Waals surface area contributed by atoms with Crippen molar-refractivity contribution in [3.05, 3.63) is 29.1 Å². The second-order valence-corrected chi connectivity index (χ2v) is 5.55. The summed E-state index contributed by atoms with van der Waals surface area (Å²) in [5, 5.41) is 15.0. The molecule has 1 aromatic heterocycles. The average molecular weight is 276 g/mol. The van der Waals surface area contributed by atoms with E-state index in [4.69, 9.17) is 4.74 Å². The topological polar surface area (TPSA) is 65.3 Å². The first-order valence-corrected chi connectivity index (χ1v) is 6.77. The Morgan fingerprint density at radius 3 is 2.95 bits per heavy atom. The van der Waals surface area contributed by atoms with Gasteiger partial charge in [-0.15, -0.1) is 0 Å². The third-order valence-corrected chi connectivity index (χ3v) is 3.83. The van der Waals surface area contributed by atoms with Crippen molar-refractivity contribution in [2.75, 3.05) is 11.9 Å². The monoisotopic (exact) mass is 276 g/mol. The van der Waals surface area contributed by atoms with Crippen LogP contribution in [-0.4, -0.2) is 12.5 Å². The predicted octanol–water partition coefficient (Wildman–Crippen LogP) is 2.27. The van der Waals surface area contributed by atoms with E-state index in [0.717, 1.165) is 10.3 Å². The minimum Gasteiger partial charge on any atom is -0.710 e. The maximum absolute atomic E-state index is 12.3. The van der Waals surface area contributed by atoms with Crippen LogP contribution in [0, 0.1) is 10.6 Å². The average Bonchev–Trinajstić information content (AvgIpc) is 2.91. The Balaban J connectivity index is 2.39. The first kappa shape index (κ1) is 14.4. The summed E-state index contributed by atoms with van der Waals surface area (Å²) < 4.78 is 6.19. The molecule has 1 aromatic rings. The van der Waals surface area contributed by atoms with Gasteiger partial charge in [-0.1, -0.05) is 19.6 Å². The number of pyridine rings is 1. The van der Waals surface area contributed by atoms with Crippen LogP contribution in [0.3, 0.4) is 0 Å². The quantitative estimate of drug-likeness (QED) is 0.677. The zero-order valence-electron chi connectivity index (χ0n) is 12.2. The van der Waals surface area contributed by atoms with Crippen molar-refractivity contribution in [3.8, 4) is 5.75 Å². The molecule has 5 nitrogen and oxygen atoms in total. The van der Waals surface area contributed by atoms with E-state index in [1.807, 2.05) is 20.8 Å². The molecule has 0 saturated carbocycles. The molecule has 1 aliphatic heterocycles. The summed E-state index contributed by atoms with van der Waals surface area (Å²) in [6.45, 7) is 9.84. The lowest BCUT2D eigenvalue weighted by Crippen LogP contribution is -2.40. The van der Waals surface area contributed by atoms with E-state index in [1.54, 1.807) is 12.1 Å². The van der Waals surface area contributed by atoms with Crippen LogP contribution in [0.25, 0.3) is 6.08 Å². The van der Waals surface area contributed by atoms with Crippen molar-refractivity contribution >= 4 is 17.8 Å². The van der Waals surface area contributed by atoms with Gasteiger partial charge < -0.3 is 9.94 Å². The first-order chi connectivity index (χ1) is 9.40. The van der Waals surface area contributed by atoms with E-state index in [2.05, 4.69) is 11.9 Å². The van der Waals surface area contributed by atoms with Gasteiger partial charge in [0.05, 0.1) is 12.0 Å². The maximum atomic E-state index is 12.3. The van der Waals surface area contributed by atoms with Crippen LogP contribution in [0.4, 0.5) is 5.82 Å². The van der Waals surface area contributed by atoms with Crippen LogP contribution < -0.4 is 14.8 Å². The fourth-order valence-corrected chi connectivity index (χ4v) is 1.99. The molecule has 1 amide bonds. The molecule has 0 saturated heterocycles. The molecule has 0 aromatic carbocycles. The Morgan fingerprint density at radius 2 is 2.35 bits per heavy atom. The molecule has 0 fully saturated rings. The van der Waals surface area contributed by atoms with E-state index in [9.17, 15) is 10.0 Å². The largest absolute Gasteiger partial charge is 0.710 e. The summed E-state index contributed by atoms with van der Waals surface area (Å²) in [6, 6.07) is 1.60. The van der Waals surface area contributed by atoms with Crippen LogP contribution in [0.2, 0.25) is 0 Å². The number of fused-ring (bicyclic) bond motifs is 1. The standard InChI is InChI=1S/C15H20N2O3/c1-5-10-9-12(16-14(18)15(3,4)6-2)17(19)11-7-8-20-13(10)11/h5,9H,1,6-8H2,2-4H3,(H,16,18). The summed E-state index contributed by atoms with van der Waals surface area (Å²) in [5.41, 5.74) is 0.762. The van der Waals surface area contributed by atoms with Gasteiger partial charge in [0, 0.05) is 18.1 Å². The predicted molar refractivity (Wildman–Crippen MR) is 77.4 cm³/mol. The second kappa shape index (κ2) is 5.15. The number of hydrogen-bond acceptors (Lipinski definition) is 3. The van der Waals surface area contributed by atoms with Crippen molar-refractivity contribution in [1.82, 2.24) is 0 Å². The lowest BCUT2D eigenvalue weighted by Gasteiger charge is -2.20.